The maximum Gasteiger partial charge on any atom is 0.363 e. The molecule has 2 aromatic heterocycles. The molecular weight excluding hydrogens is 364 g/mol. The summed E-state index contributed by atoms with van der Waals surface area (Å²) in [6.45, 7) is 4.37. The molecule has 1 amide bonds. The minimum absolute atomic E-state index is 0.00826. The average molecular weight is 384 g/mol. The number of benzene rings is 2. The summed E-state index contributed by atoms with van der Waals surface area (Å²) in [6, 6.07) is 19.0. The quantitative estimate of drug-likeness (QED) is 0.566. The molecular formula is C24H20N2O3. The van der Waals surface area contributed by atoms with Gasteiger partial charge in [0.1, 0.15) is 0 Å². The summed E-state index contributed by atoms with van der Waals surface area (Å²) in [6.07, 6.45) is 1.54. The molecule has 0 bridgehead atoms. The van der Waals surface area contributed by atoms with Crippen LogP contribution in [0, 0.1) is 13.8 Å². The molecule has 0 spiro atoms. The van der Waals surface area contributed by atoms with E-state index in [9.17, 15) is 9.59 Å². The third-order valence-corrected chi connectivity index (χ3v) is 4.70. The Labute approximate surface area is 168 Å². The van der Waals surface area contributed by atoms with Gasteiger partial charge in [0, 0.05) is 23.7 Å². The monoisotopic (exact) mass is 384 g/mol. The number of amides is 1. The van der Waals surface area contributed by atoms with Gasteiger partial charge in [-0.05, 0) is 31.0 Å². The second kappa shape index (κ2) is 7.72. The molecule has 5 nitrogen and oxygen atoms in total. The number of nitrogens with one attached hydrogen (secondary N) is 1. The van der Waals surface area contributed by atoms with Gasteiger partial charge in [-0.1, -0.05) is 65.7 Å². The summed E-state index contributed by atoms with van der Waals surface area (Å²) in [5, 5.41) is 3.47. The third-order valence-electron chi connectivity index (χ3n) is 4.70. The van der Waals surface area contributed by atoms with E-state index in [1.54, 1.807) is 12.1 Å². The summed E-state index contributed by atoms with van der Waals surface area (Å²) in [4.78, 5) is 29.6. The van der Waals surface area contributed by atoms with Crippen molar-refractivity contribution in [3.8, 4) is 11.1 Å². The largest absolute Gasteiger partial charge is 0.415 e. The van der Waals surface area contributed by atoms with E-state index in [1.165, 1.54) is 6.20 Å². The van der Waals surface area contributed by atoms with E-state index in [-0.39, 0.29) is 11.3 Å². The summed E-state index contributed by atoms with van der Waals surface area (Å²) in [5.74, 6) is -0.447. The molecule has 0 saturated heterocycles. The number of fused-ring (bicyclic) bond motifs is 1. The summed E-state index contributed by atoms with van der Waals surface area (Å²) in [7, 11) is 0. The molecule has 0 unspecified atom stereocenters. The van der Waals surface area contributed by atoms with Crippen LogP contribution in [0.2, 0.25) is 0 Å². The van der Waals surface area contributed by atoms with Crippen molar-refractivity contribution in [2.24, 2.45) is 0 Å². The minimum atomic E-state index is -0.628. The second-order valence-electron chi connectivity index (χ2n) is 7.04. The number of carbonyl (C=O) groups excluding carboxylic acids is 1. The number of hydrogen-bond donors (Lipinski definition) is 1. The highest BCUT2D eigenvalue weighted by Gasteiger charge is 2.21. The van der Waals surface area contributed by atoms with Gasteiger partial charge in [0.15, 0.2) is 5.52 Å². The Morgan fingerprint density at radius 1 is 1.00 bits per heavy atom. The van der Waals surface area contributed by atoms with Crippen LogP contribution in [0.4, 0.5) is 0 Å². The fourth-order valence-corrected chi connectivity index (χ4v) is 3.57. The van der Waals surface area contributed by atoms with Gasteiger partial charge in [-0.2, -0.15) is 0 Å². The maximum absolute atomic E-state index is 13.0. The van der Waals surface area contributed by atoms with E-state index >= 15 is 0 Å². The van der Waals surface area contributed by atoms with E-state index in [2.05, 4.69) is 16.4 Å². The Morgan fingerprint density at radius 3 is 2.45 bits per heavy atom. The average Bonchev–Trinajstić information content (AvgIpc) is 2.72. The van der Waals surface area contributed by atoms with Gasteiger partial charge in [-0.15, -0.1) is 0 Å². The lowest BCUT2D eigenvalue weighted by atomic mass is 10.00. The molecule has 1 N–H and O–H groups in total. The summed E-state index contributed by atoms with van der Waals surface area (Å²) >= 11 is 0. The van der Waals surface area contributed by atoms with Gasteiger partial charge in [0.25, 0.3) is 5.91 Å². The number of aromatic nitrogens is 1. The number of aryl methyl sites for hydroxylation is 2. The van der Waals surface area contributed by atoms with Crippen LogP contribution in [-0.2, 0) is 6.54 Å². The molecule has 0 fully saturated rings. The molecule has 0 aliphatic carbocycles. The number of pyridine rings is 1. The van der Waals surface area contributed by atoms with Gasteiger partial charge in [0.2, 0.25) is 5.76 Å². The van der Waals surface area contributed by atoms with Crippen LogP contribution in [0.1, 0.15) is 27.2 Å². The Kier molecular flexibility index (Phi) is 4.96. The molecule has 29 heavy (non-hydrogen) atoms. The highest BCUT2D eigenvalue weighted by molar-refractivity contribution is 6.06. The Balaban J connectivity index is 1.78. The molecule has 0 aliphatic heterocycles. The molecule has 2 aromatic carbocycles. The molecule has 2 heterocycles. The molecule has 4 rings (SSSR count). The Hall–Kier alpha value is -3.73. The van der Waals surface area contributed by atoms with Crippen LogP contribution in [0.3, 0.4) is 0 Å². The lowest BCUT2D eigenvalue weighted by Gasteiger charge is -2.12. The smallest absolute Gasteiger partial charge is 0.363 e. The summed E-state index contributed by atoms with van der Waals surface area (Å²) in [5.41, 5.74) is 4.16. The first-order valence-corrected chi connectivity index (χ1v) is 9.35. The van der Waals surface area contributed by atoms with Gasteiger partial charge in [-0.25, -0.2) is 9.78 Å². The van der Waals surface area contributed by atoms with Gasteiger partial charge >= 0.3 is 5.63 Å². The second-order valence-corrected chi connectivity index (χ2v) is 7.04. The SMILES string of the molecule is Cc1cc(C)cc(CNC(=O)c2oc(=O)c3ncccc3c2-c2ccccc2)c1. The first kappa shape index (κ1) is 18.6. The lowest BCUT2D eigenvalue weighted by Crippen LogP contribution is -2.25. The standard InChI is InChI=1S/C24H20N2O3/c1-15-11-16(2)13-17(12-15)14-26-23(27)22-20(18-7-4-3-5-8-18)19-9-6-10-25-21(19)24(28)29-22/h3-13H,14H2,1-2H3,(H,26,27). The Morgan fingerprint density at radius 2 is 1.72 bits per heavy atom. The highest BCUT2D eigenvalue weighted by atomic mass is 16.4. The number of hydrogen-bond acceptors (Lipinski definition) is 4. The van der Waals surface area contributed by atoms with Crippen molar-refractivity contribution < 1.29 is 9.21 Å². The lowest BCUT2D eigenvalue weighted by molar-refractivity contribution is 0.0920. The van der Waals surface area contributed by atoms with Crippen LogP contribution in [-0.4, -0.2) is 10.9 Å². The van der Waals surface area contributed by atoms with Gasteiger partial charge < -0.3 is 9.73 Å². The highest BCUT2D eigenvalue weighted by Crippen LogP contribution is 2.29. The third kappa shape index (κ3) is 3.80. The molecule has 0 atom stereocenters. The van der Waals surface area contributed by atoms with Crippen molar-refractivity contribution in [3.05, 3.63) is 99.7 Å². The maximum atomic E-state index is 13.0. The fourth-order valence-electron chi connectivity index (χ4n) is 3.57. The van der Waals surface area contributed by atoms with Gasteiger partial charge in [-0.3, -0.25) is 4.79 Å². The normalized spacial score (nSPS) is 10.8. The van der Waals surface area contributed by atoms with Crippen molar-refractivity contribution in [2.75, 3.05) is 0 Å². The summed E-state index contributed by atoms with van der Waals surface area (Å²) < 4.78 is 5.44. The molecule has 144 valence electrons. The van der Waals surface area contributed by atoms with Crippen LogP contribution < -0.4 is 10.9 Å². The molecule has 4 aromatic rings. The molecule has 0 radical (unpaired) electrons. The zero-order chi connectivity index (χ0) is 20.4. The van der Waals surface area contributed by atoms with Gasteiger partial charge in [0.05, 0.1) is 0 Å². The number of nitrogens with zero attached hydrogens (tertiary/aromatic N) is 1. The van der Waals surface area contributed by atoms with E-state index in [0.717, 1.165) is 22.3 Å². The molecule has 0 saturated carbocycles. The fraction of sp³-hybridized carbons (Fsp3) is 0.125. The van der Waals surface area contributed by atoms with E-state index in [0.29, 0.717) is 17.5 Å². The van der Waals surface area contributed by atoms with E-state index in [4.69, 9.17) is 4.42 Å². The van der Waals surface area contributed by atoms with Crippen molar-refractivity contribution >= 4 is 16.8 Å². The topological polar surface area (TPSA) is 72.2 Å². The van der Waals surface area contributed by atoms with Crippen LogP contribution in [0.25, 0.3) is 22.0 Å². The van der Waals surface area contributed by atoms with Crippen LogP contribution in [0.15, 0.2) is 76.1 Å². The van der Waals surface area contributed by atoms with Crippen LogP contribution in [0.5, 0.6) is 0 Å². The van der Waals surface area contributed by atoms with Crippen molar-refractivity contribution in [1.29, 1.82) is 0 Å². The first-order chi connectivity index (χ1) is 14.0. The van der Waals surface area contributed by atoms with E-state index < -0.39 is 11.5 Å². The predicted octanol–water partition coefficient (Wildman–Crippen LogP) is 4.40. The van der Waals surface area contributed by atoms with E-state index in [1.807, 2.05) is 56.3 Å². The molecule has 0 aliphatic rings. The van der Waals surface area contributed by atoms with Crippen molar-refractivity contribution in [3.63, 3.8) is 0 Å². The first-order valence-electron chi connectivity index (χ1n) is 9.35. The zero-order valence-corrected chi connectivity index (χ0v) is 16.2. The Bertz CT molecular complexity index is 1240. The minimum Gasteiger partial charge on any atom is -0.415 e. The zero-order valence-electron chi connectivity index (χ0n) is 16.2. The molecule has 5 heteroatoms. The van der Waals surface area contributed by atoms with Crippen molar-refractivity contribution in [1.82, 2.24) is 10.3 Å². The predicted molar refractivity (Wildman–Crippen MR) is 113 cm³/mol. The number of rotatable bonds is 4. The van der Waals surface area contributed by atoms with Crippen molar-refractivity contribution in [2.45, 2.75) is 20.4 Å². The number of carbonyl (C=O) groups is 1. The van der Waals surface area contributed by atoms with Crippen LogP contribution >= 0.6 is 0 Å².